The Bertz CT molecular complexity index is 318. The van der Waals surface area contributed by atoms with Crippen LogP contribution in [0.15, 0.2) is 0 Å². The maximum atomic E-state index is 11.7. The van der Waals surface area contributed by atoms with Crippen molar-refractivity contribution >= 4 is 11.9 Å². The summed E-state index contributed by atoms with van der Waals surface area (Å²) < 4.78 is 4.62. The normalized spacial score (nSPS) is 10.6. The summed E-state index contributed by atoms with van der Waals surface area (Å²) in [4.78, 5) is 24.6. The van der Waals surface area contributed by atoms with Gasteiger partial charge in [0, 0.05) is 26.4 Å². The van der Waals surface area contributed by atoms with Gasteiger partial charge in [0.25, 0.3) is 0 Å². The molecule has 0 saturated carbocycles. The van der Waals surface area contributed by atoms with Gasteiger partial charge in [0.1, 0.15) is 0 Å². The molecule has 0 unspecified atom stereocenters. The Morgan fingerprint density at radius 1 is 0.750 bits per heavy atom. The number of methoxy groups -OCH3 is 1. The first-order valence-corrected chi connectivity index (χ1v) is 9.94. The molecule has 4 heteroatoms. The molecule has 1 amide bonds. The predicted molar refractivity (Wildman–Crippen MR) is 100.0 cm³/mol. The lowest BCUT2D eigenvalue weighted by Crippen LogP contribution is -2.30. The molecule has 0 aromatic carbocycles. The fraction of sp³-hybridized carbons (Fsp3) is 0.900. The van der Waals surface area contributed by atoms with E-state index >= 15 is 0 Å². The summed E-state index contributed by atoms with van der Waals surface area (Å²) in [6, 6.07) is 0. The molecule has 0 aliphatic rings. The van der Waals surface area contributed by atoms with Gasteiger partial charge in [0.05, 0.1) is 7.11 Å². The first-order valence-electron chi connectivity index (χ1n) is 9.94. The van der Waals surface area contributed by atoms with Crippen molar-refractivity contribution in [1.82, 2.24) is 4.90 Å². The summed E-state index contributed by atoms with van der Waals surface area (Å²) in [7, 11) is 1.41. The summed E-state index contributed by atoms with van der Waals surface area (Å²) >= 11 is 0. The van der Waals surface area contributed by atoms with E-state index in [0.29, 0.717) is 6.42 Å². The van der Waals surface area contributed by atoms with Crippen LogP contribution in [0.5, 0.6) is 0 Å². The monoisotopic (exact) mass is 341 g/mol. The molecule has 0 bridgehead atoms. The average Bonchev–Trinajstić information content (AvgIpc) is 2.57. The van der Waals surface area contributed by atoms with Crippen LogP contribution in [-0.2, 0) is 14.3 Å². The van der Waals surface area contributed by atoms with Crippen molar-refractivity contribution in [3.63, 3.8) is 0 Å². The van der Waals surface area contributed by atoms with Gasteiger partial charge in [-0.25, -0.2) is 0 Å². The van der Waals surface area contributed by atoms with E-state index in [1.165, 1.54) is 64.9 Å². The molecule has 0 aromatic heterocycles. The zero-order chi connectivity index (χ0) is 18.0. The second kappa shape index (κ2) is 16.8. The SMILES string of the molecule is CCCCCCCCCCCCN(CCCCC(=O)OC)C(C)=O. The Morgan fingerprint density at radius 2 is 1.21 bits per heavy atom. The number of hydrogen-bond donors (Lipinski definition) is 0. The van der Waals surface area contributed by atoms with E-state index in [1.807, 2.05) is 4.90 Å². The first kappa shape index (κ1) is 22.9. The Balaban J connectivity index is 3.54. The molecular weight excluding hydrogens is 302 g/mol. The van der Waals surface area contributed by atoms with Crippen LogP contribution >= 0.6 is 0 Å². The van der Waals surface area contributed by atoms with Gasteiger partial charge in [-0.2, -0.15) is 0 Å². The standard InChI is InChI=1S/C20H39NO3/c1-4-5-6-7-8-9-10-11-12-14-17-21(19(2)22)18-15-13-16-20(23)24-3/h4-18H2,1-3H3. The van der Waals surface area contributed by atoms with Gasteiger partial charge in [0.15, 0.2) is 0 Å². The molecule has 0 atom stereocenters. The zero-order valence-corrected chi connectivity index (χ0v) is 16.3. The third-order valence-electron chi connectivity index (χ3n) is 4.51. The fourth-order valence-electron chi connectivity index (χ4n) is 2.89. The van der Waals surface area contributed by atoms with E-state index < -0.39 is 0 Å². The quantitative estimate of drug-likeness (QED) is 0.290. The predicted octanol–water partition coefficient (Wildman–Crippen LogP) is 5.10. The van der Waals surface area contributed by atoms with Crippen LogP contribution in [0.25, 0.3) is 0 Å². The van der Waals surface area contributed by atoms with Crippen LogP contribution in [0.4, 0.5) is 0 Å². The van der Waals surface area contributed by atoms with Crippen molar-refractivity contribution in [3.05, 3.63) is 0 Å². The number of esters is 1. The summed E-state index contributed by atoms with van der Waals surface area (Å²) in [5.41, 5.74) is 0. The topological polar surface area (TPSA) is 46.6 Å². The smallest absolute Gasteiger partial charge is 0.305 e. The summed E-state index contributed by atoms with van der Waals surface area (Å²) in [6.45, 7) is 5.49. The van der Waals surface area contributed by atoms with Gasteiger partial charge < -0.3 is 9.64 Å². The van der Waals surface area contributed by atoms with Crippen LogP contribution in [-0.4, -0.2) is 37.0 Å². The highest BCUT2D eigenvalue weighted by Gasteiger charge is 2.08. The second-order valence-electron chi connectivity index (χ2n) is 6.72. The number of rotatable bonds is 16. The fourth-order valence-corrected chi connectivity index (χ4v) is 2.89. The Labute approximate surface area is 149 Å². The molecule has 0 saturated heterocycles. The Kier molecular flexibility index (Phi) is 16.0. The van der Waals surface area contributed by atoms with Crippen LogP contribution in [0, 0.1) is 0 Å². The Hall–Kier alpha value is -1.06. The number of carbonyl (C=O) groups excluding carboxylic acids is 2. The molecule has 0 aromatic rings. The summed E-state index contributed by atoms with van der Waals surface area (Å²) in [5.74, 6) is -0.0249. The van der Waals surface area contributed by atoms with Crippen LogP contribution in [0.3, 0.4) is 0 Å². The van der Waals surface area contributed by atoms with Crippen molar-refractivity contribution in [1.29, 1.82) is 0 Å². The molecule has 4 nitrogen and oxygen atoms in total. The van der Waals surface area contributed by atoms with Crippen molar-refractivity contribution < 1.29 is 14.3 Å². The molecule has 0 aliphatic carbocycles. The first-order chi connectivity index (χ1) is 11.6. The number of nitrogens with zero attached hydrogens (tertiary/aromatic N) is 1. The van der Waals surface area contributed by atoms with Gasteiger partial charge in [-0.15, -0.1) is 0 Å². The molecule has 0 N–H and O–H groups in total. The molecule has 0 radical (unpaired) electrons. The third-order valence-corrected chi connectivity index (χ3v) is 4.51. The molecule has 0 rings (SSSR count). The second-order valence-corrected chi connectivity index (χ2v) is 6.72. The minimum Gasteiger partial charge on any atom is -0.469 e. The van der Waals surface area contributed by atoms with Crippen molar-refractivity contribution in [2.75, 3.05) is 20.2 Å². The minimum absolute atomic E-state index is 0.143. The van der Waals surface area contributed by atoms with E-state index in [0.717, 1.165) is 32.4 Å². The molecule has 0 aliphatic heterocycles. The van der Waals surface area contributed by atoms with Gasteiger partial charge in [-0.1, -0.05) is 64.7 Å². The number of unbranched alkanes of at least 4 members (excludes halogenated alkanes) is 10. The summed E-state index contributed by atoms with van der Waals surface area (Å²) in [6.07, 6.45) is 15.2. The highest BCUT2D eigenvalue weighted by Crippen LogP contribution is 2.11. The number of amides is 1. The number of carbonyl (C=O) groups is 2. The largest absolute Gasteiger partial charge is 0.469 e. The average molecular weight is 342 g/mol. The maximum absolute atomic E-state index is 11.7. The van der Waals surface area contributed by atoms with Crippen LogP contribution in [0.1, 0.15) is 97.3 Å². The van der Waals surface area contributed by atoms with Crippen LogP contribution < -0.4 is 0 Å². The highest BCUT2D eigenvalue weighted by molar-refractivity contribution is 5.73. The number of hydrogen-bond acceptors (Lipinski definition) is 3. The van der Waals surface area contributed by atoms with Crippen molar-refractivity contribution in [2.45, 2.75) is 97.3 Å². The lowest BCUT2D eigenvalue weighted by Gasteiger charge is -2.20. The molecule has 0 spiro atoms. The maximum Gasteiger partial charge on any atom is 0.305 e. The highest BCUT2D eigenvalue weighted by atomic mass is 16.5. The molecule has 142 valence electrons. The van der Waals surface area contributed by atoms with Gasteiger partial charge in [-0.05, 0) is 19.3 Å². The van der Waals surface area contributed by atoms with Gasteiger partial charge in [0.2, 0.25) is 5.91 Å². The van der Waals surface area contributed by atoms with E-state index in [4.69, 9.17) is 0 Å². The third kappa shape index (κ3) is 14.5. The lowest BCUT2D eigenvalue weighted by atomic mass is 10.1. The van der Waals surface area contributed by atoms with E-state index in [1.54, 1.807) is 6.92 Å². The molecule has 0 heterocycles. The molecule has 24 heavy (non-hydrogen) atoms. The van der Waals surface area contributed by atoms with Crippen molar-refractivity contribution in [2.24, 2.45) is 0 Å². The van der Waals surface area contributed by atoms with E-state index in [-0.39, 0.29) is 11.9 Å². The summed E-state index contributed by atoms with van der Waals surface area (Å²) in [5, 5.41) is 0. The van der Waals surface area contributed by atoms with E-state index in [9.17, 15) is 9.59 Å². The molecule has 0 fully saturated rings. The van der Waals surface area contributed by atoms with Gasteiger partial charge in [-0.3, -0.25) is 9.59 Å². The van der Waals surface area contributed by atoms with E-state index in [2.05, 4.69) is 11.7 Å². The Morgan fingerprint density at radius 3 is 1.67 bits per heavy atom. The molecular formula is C20H39NO3. The lowest BCUT2D eigenvalue weighted by molar-refractivity contribution is -0.140. The minimum atomic E-state index is -0.168. The van der Waals surface area contributed by atoms with Crippen LogP contribution in [0.2, 0.25) is 0 Å². The van der Waals surface area contributed by atoms with Crippen molar-refractivity contribution in [3.8, 4) is 0 Å². The zero-order valence-electron chi connectivity index (χ0n) is 16.3. The number of ether oxygens (including phenoxy) is 1. The van der Waals surface area contributed by atoms with Gasteiger partial charge >= 0.3 is 5.97 Å².